The number of methoxy groups -OCH3 is 1. The summed E-state index contributed by atoms with van der Waals surface area (Å²) in [6, 6.07) is 6.76. The van der Waals surface area contributed by atoms with Crippen molar-refractivity contribution in [3.63, 3.8) is 0 Å². The van der Waals surface area contributed by atoms with Crippen molar-refractivity contribution in [2.45, 2.75) is 6.92 Å². The summed E-state index contributed by atoms with van der Waals surface area (Å²) in [4.78, 5) is 11.2. The highest BCUT2D eigenvalue weighted by Crippen LogP contribution is 2.21. The normalized spacial score (nSPS) is 9.06. The van der Waals surface area contributed by atoms with Gasteiger partial charge in [-0.05, 0) is 25.1 Å². The molecule has 0 saturated heterocycles. The number of hydrogen-bond donors (Lipinski definition) is 1. The molecule has 1 rings (SSSR count). The molecule has 84 valence electrons. The summed E-state index contributed by atoms with van der Waals surface area (Å²) >= 11 is 0. The molecule has 0 fully saturated rings. The highest BCUT2D eigenvalue weighted by atomic mass is 16.5. The van der Waals surface area contributed by atoms with Crippen molar-refractivity contribution >= 4 is 11.8 Å². The Kier molecular flexibility index (Phi) is 4.16. The number of ether oxygens (including phenoxy) is 2. The Hall–Kier alpha value is -2.22. The molecule has 0 aliphatic carbocycles. The van der Waals surface area contributed by atoms with E-state index < -0.39 is 6.09 Å². The number of carbonyl (C=O) groups excluding carboxylic acids is 1. The van der Waals surface area contributed by atoms with Gasteiger partial charge in [0.1, 0.15) is 11.8 Å². The molecular formula is C11H12N2O3. The van der Waals surface area contributed by atoms with E-state index in [1.165, 1.54) is 7.11 Å². The Labute approximate surface area is 93.6 Å². The molecule has 0 aliphatic heterocycles. The van der Waals surface area contributed by atoms with Crippen LogP contribution in [-0.2, 0) is 4.74 Å². The predicted molar refractivity (Wildman–Crippen MR) is 58.4 cm³/mol. The first kappa shape index (κ1) is 11.9. The zero-order valence-electron chi connectivity index (χ0n) is 9.11. The summed E-state index contributed by atoms with van der Waals surface area (Å²) in [6.07, 6.45) is -0.579. The minimum Gasteiger partial charge on any atom is -0.497 e. The van der Waals surface area contributed by atoms with E-state index in [-0.39, 0.29) is 6.61 Å². The minimum atomic E-state index is -0.579. The van der Waals surface area contributed by atoms with Gasteiger partial charge < -0.3 is 9.47 Å². The molecule has 1 N–H and O–H groups in total. The molecule has 0 atom stereocenters. The lowest BCUT2D eigenvalue weighted by atomic mass is 10.2. The van der Waals surface area contributed by atoms with Crippen LogP contribution in [0.3, 0.4) is 0 Å². The fourth-order valence-corrected chi connectivity index (χ4v) is 1.13. The predicted octanol–water partition coefficient (Wildman–Crippen LogP) is 2.14. The molecule has 1 amide bonds. The minimum absolute atomic E-state index is 0.282. The van der Waals surface area contributed by atoms with Crippen LogP contribution >= 0.6 is 0 Å². The monoisotopic (exact) mass is 220 g/mol. The lowest BCUT2D eigenvalue weighted by Crippen LogP contribution is -2.14. The number of nitrogens with one attached hydrogen (secondary N) is 1. The van der Waals surface area contributed by atoms with Gasteiger partial charge in [-0.1, -0.05) is 0 Å². The molecular weight excluding hydrogens is 208 g/mol. The Bertz CT molecular complexity index is 424. The molecule has 0 radical (unpaired) electrons. The number of amides is 1. The van der Waals surface area contributed by atoms with Gasteiger partial charge in [0.15, 0.2) is 0 Å². The molecule has 1 aromatic carbocycles. The summed E-state index contributed by atoms with van der Waals surface area (Å²) in [5.41, 5.74) is 0.731. The van der Waals surface area contributed by atoms with Crippen molar-refractivity contribution in [3.05, 3.63) is 23.8 Å². The first-order chi connectivity index (χ1) is 7.71. The molecule has 0 heterocycles. The third-order valence-corrected chi connectivity index (χ3v) is 1.86. The van der Waals surface area contributed by atoms with Crippen LogP contribution in [0.1, 0.15) is 12.5 Å². The van der Waals surface area contributed by atoms with Gasteiger partial charge in [-0.3, -0.25) is 5.32 Å². The fourth-order valence-electron chi connectivity index (χ4n) is 1.13. The quantitative estimate of drug-likeness (QED) is 0.847. The summed E-state index contributed by atoms with van der Waals surface area (Å²) in [7, 11) is 1.51. The summed E-state index contributed by atoms with van der Waals surface area (Å²) in [5, 5.41) is 11.4. The third-order valence-electron chi connectivity index (χ3n) is 1.86. The second-order valence-electron chi connectivity index (χ2n) is 2.87. The van der Waals surface area contributed by atoms with Crippen molar-refractivity contribution in [3.8, 4) is 11.8 Å². The summed E-state index contributed by atoms with van der Waals surface area (Å²) in [5.74, 6) is 0.561. The number of nitriles is 1. The maximum atomic E-state index is 11.2. The summed E-state index contributed by atoms with van der Waals surface area (Å²) in [6.45, 7) is 1.99. The number of nitrogens with zero attached hydrogens (tertiary/aromatic N) is 1. The van der Waals surface area contributed by atoms with Gasteiger partial charge in [-0.2, -0.15) is 5.26 Å². The van der Waals surface area contributed by atoms with E-state index in [0.29, 0.717) is 17.0 Å². The van der Waals surface area contributed by atoms with E-state index in [1.807, 2.05) is 6.07 Å². The molecule has 1 aromatic rings. The van der Waals surface area contributed by atoms with Gasteiger partial charge in [-0.15, -0.1) is 0 Å². The molecule has 0 bridgehead atoms. The van der Waals surface area contributed by atoms with E-state index in [4.69, 9.17) is 14.7 Å². The SMILES string of the molecule is CCOC(=O)Nc1ccc(OC)cc1C#N. The van der Waals surface area contributed by atoms with Crippen molar-refractivity contribution in [2.24, 2.45) is 0 Å². The van der Waals surface area contributed by atoms with Crippen LogP contribution in [0.5, 0.6) is 5.75 Å². The molecule has 0 aliphatic rings. The van der Waals surface area contributed by atoms with Crippen LogP contribution in [-0.4, -0.2) is 19.8 Å². The van der Waals surface area contributed by atoms with Crippen molar-refractivity contribution in [2.75, 3.05) is 19.0 Å². The van der Waals surface area contributed by atoms with Crippen molar-refractivity contribution < 1.29 is 14.3 Å². The van der Waals surface area contributed by atoms with E-state index >= 15 is 0 Å². The average molecular weight is 220 g/mol. The van der Waals surface area contributed by atoms with Gasteiger partial charge >= 0.3 is 6.09 Å². The molecule has 5 nitrogen and oxygen atoms in total. The zero-order chi connectivity index (χ0) is 12.0. The van der Waals surface area contributed by atoms with Crippen LogP contribution in [0.4, 0.5) is 10.5 Å². The summed E-state index contributed by atoms with van der Waals surface area (Å²) < 4.78 is 9.68. The van der Waals surface area contributed by atoms with Gasteiger partial charge in [0.05, 0.1) is 25.0 Å². The van der Waals surface area contributed by atoms with E-state index in [1.54, 1.807) is 25.1 Å². The number of rotatable bonds is 3. The highest BCUT2D eigenvalue weighted by molar-refractivity contribution is 5.86. The standard InChI is InChI=1S/C11H12N2O3/c1-3-16-11(14)13-10-5-4-9(15-2)6-8(10)7-12/h4-6H,3H2,1-2H3,(H,13,14). The largest absolute Gasteiger partial charge is 0.497 e. The number of carbonyl (C=O) groups is 1. The van der Waals surface area contributed by atoms with Crippen molar-refractivity contribution in [1.82, 2.24) is 0 Å². The van der Waals surface area contributed by atoms with Crippen LogP contribution in [0, 0.1) is 11.3 Å². The highest BCUT2D eigenvalue weighted by Gasteiger charge is 2.07. The maximum Gasteiger partial charge on any atom is 0.411 e. The molecule has 0 saturated carbocycles. The van der Waals surface area contributed by atoms with Crippen LogP contribution in [0.15, 0.2) is 18.2 Å². The Balaban J connectivity index is 2.88. The van der Waals surface area contributed by atoms with Gasteiger partial charge in [0.25, 0.3) is 0 Å². The first-order valence-electron chi connectivity index (χ1n) is 4.73. The lowest BCUT2D eigenvalue weighted by Gasteiger charge is -2.08. The Morgan fingerprint density at radius 1 is 1.56 bits per heavy atom. The molecule has 5 heteroatoms. The molecule has 0 aromatic heterocycles. The van der Waals surface area contributed by atoms with Crippen LogP contribution in [0.2, 0.25) is 0 Å². The maximum absolute atomic E-state index is 11.2. The topological polar surface area (TPSA) is 71.3 Å². The smallest absolute Gasteiger partial charge is 0.411 e. The number of benzene rings is 1. The van der Waals surface area contributed by atoms with E-state index in [9.17, 15) is 4.79 Å². The number of anilines is 1. The lowest BCUT2D eigenvalue weighted by molar-refractivity contribution is 0.168. The van der Waals surface area contributed by atoms with Crippen LogP contribution in [0.25, 0.3) is 0 Å². The number of hydrogen-bond acceptors (Lipinski definition) is 4. The zero-order valence-corrected chi connectivity index (χ0v) is 9.11. The van der Waals surface area contributed by atoms with Gasteiger partial charge in [0, 0.05) is 0 Å². The Morgan fingerprint density at radius 3 is 2.88 bits per heavy atom. The van der Waals surface area contributed by atoms with E-state index in [0.717, 1.165) is 0 Å². The van der Waals surface area contributed by atoms with Gasteiger partial charge in [0.2, 0.25) is 0 Å². The molecule has 16 heavy (non-hydrogen) atoms. The van der Waals surface area contributed by atoms with Crippen molar-refractivity contribution in [1.29, 1.82) is 5.26 Å². The first-order valence-corrected chi connectivity index (χ1v) is 4.73. The molecule has 0 spiro atoms. The second kappa shape index (κ2) is 5.61. The van der Waals surface area contributed by atoms with E-state index in [2.05, 4.69) is 5.32 Å². The Morgan fingerprint density at radius 2 is 2.31 bits per heavy atom. The van der Waals surface area contributed by atoms with Gasteiger partial charge in [-0.25, -0.2) is 4.79 Å². The molecule has 0 unspecified atom stereocenters. The third kappa shape index (κ3) is 2.89. The second-order valence-corrected chi connectivity index (χ2v) is 2.87. The van der Waals surface area contributed by atoms with Crippen LogP contribution < -0.4 is 10.1 Å². The fraction of sp³-hybridized carbons (Fsp3) is 0.273. The average Bonchev–Trinajstić information content (AvgIpc) is 2.30.